The molecule has 1 aromatic carbocycles. The molecular formula is C21H37N3O4S2. The Kier molecular flexibility index (Phi) is 9.30. The summed E-state index contributed by atoms with van der Waals surface area (Å²) in [4.78, 5) is 5.18. The zero-order valence-electron chi connectivity index (χ0n) is 18.7. The summed E-state index contributed by atoms with van der Waals surface area (Å²) in [5.74, 6) is 0. The smallest absolute Gasteiger partial charge is 0.211 e. The van der Waals surface area contributed by atoms with Crippen molar-refractivity contribution in [3.8, 4) is 0 Å². The van der Waals surface area contributed by atoms with E-state index >= 15 is 0 Å². The molecule has 1 unspecified atom stereocenters. The number of unbranched alkanes of at least 4 members (excludes halogenated alkanes) is 1. The van der Waals surface area contributed by atoms with Crippen molar-refractivity contribution in [1.29, 1.82) is 0 Å². The third-order valence-electron chi connectivity index (χ3n) is 5.88. The van der Waals surface area contributed by atoms with Gasteiger partial charge in [-0.1, -0.05) is 19.1 Å². The van der Waals surface area contributed by atoms with Gasteiger partial charge in [0.2, 0.25) is 10.0 Å². The molecule has 0 spiro atoms. The first-order valence-electron chi connectivity index (χ1n) is 10.7. The second-order valence-corrected chi connectivity index (χ2v) is 12.3. The van der Waals surface area contributed by atoms with Crippen LogP contribution >= 0.6 is 0 Å². The molecule has 0 radical (unpaired) electrons. The van der Waals surface area contributed by atoms with Gasteiger partial charge >= 0.3 is 0 Å². The number of piperazine rings is 1. The maximum atomic E-state index is 11.6. The molecule has 0 amide bonds. The van der Waals surface area contributed by atoms with Crippen molar-refractivity contribution in [2.45, 2.75) is 44.0 Å². The third kappa shape index (κ3) is 7.92. The second-order valence-electron chi connectivity index (χ2n) is 8.31. The van der Waals surface area contributed by atoms with E-state index < -0.39 is 19.9 Å². The average molecular weight is 460 g/mol. The van der Waals surface area contributed by atoms with Gasteiger partial charge in [-0.25, -0.2) is 16.8 Å². The van der Waals surface area contributed by atoms with E-state index in [2.05, 4.69) is 23.6 Å². The van der Waals surface area contributed by atoms with Crippen LogP contribution in [-0.2, 0) is 26.3 Å². The SMILES string of the molecule is CCN(CCCCN1CCN(S(C)(=O)=O)CC1)C(C)Cc1ccc(S(C)(=O)=O)cc1. The minimum Gasteiger partial charge on any atom is -0.301 e. The van der Waals surface area contributed by atoms with Crippen LogP contribution in [0.3, 0.4) is 0 Å². The number of hydrogen-bond acceptors (Lipinski definition) is 6. The summed E-state index contributed by atoms with van der Waals surface area (Å²) in [7, 11) is -6.21. The molecule has 1 aliphatic rings. The molecule has 0 bridgehead atoms. The molecule has 1 heterocycles. The number of rotatable bonds is 11. The van der Waals surface area contributed by atoms with Gasteiger partial charge in [-0.2, -0.15) is 4.31 Å². The van der Waals surface area contributed by atoms with Crippen LogP contribution in [0, 0.1) is 0 Å². The summed E-state index contributed by atoms with van der Waals surface area (Å²) in [6.07, 6.45) is 5.62. The molecule has 1 aromatic rings. The zero-order chi connectivity index (χ0) is 22.4. The molecular weight excluding hydrogens is 422 g/mol. The molecule has 2 rings (SSSR count). The van der Waals surface area contributed by atoms with Crippen molar-refractivity contribution in [3.63, 3.8) is 0 Å². The lowest BCUT2D eigenvalue weighted by Crippen LogP contribution is -2.48. The largest absolute Gasteiger partial charge is 0.301 e. The summed E-state index contributed by atoms with van der Waals surface area (Å²) in [6.45, 7) is 10.2. The van der Waals surface area contributed by atoms with Gasteiger partial charge in [0.1, 0.15) is 0 Å². The Morgan fingerprint density at radius 3 is 2.07 bits per heavy atom. The summed E-state index contributed by atoms with van der Waals surface area (Å²) >= 11 is 0. The monoisotopic (exact) mass is 459 g/mol. The number of likely N-dealkylation sites (N-methyl/N-ethyl adjacent to an activating group) is 1. The fourth-order valence-electron chi connectivity index (χ4n) is 3.97. The lowest BCUT2D eigenvalue weighted by Gasteiger charge is -2.33. The predicted octanol–water partition coefficient (Wildman–Crippen LogP) is 1.70. The van der Waals surface area contributed by atoms with Crippen LogP contribution in [0.5, 0.6) is 0 Å². The highest BCUT2D eigenvalue weighted by Crippen LogP contribution is 2.14. The molecule has 1 fully saturated rings. The Bertz CT molecular complexity index is 862. The van der Waals surface area contributed by atoms with Crippen LogP contribution in [0.4, 0.5) is 0 Å². The number of sulfone groups is 1. The maximum Gasteiger partial charge on any atom is 0.211 e. The summed E-state index contributed by atoms with van der Waals surface area (Å²) < 4.78 is 47.9. The van der Waals surface area contributed by atoms with E-state index in [0.29, 0.717) is 24.0 Å². The van der Waals surface area contributed by atoms with Crippen LogP contribution in [0.15, 0.2) is 29.2 Å². The maximum absolute atomic E-state index is 11.6. The first-order valence-corrected chi connectivity index (χ1v) is 14.4. The molecule has 7 nitrogen and oxygen atoms in total. The number of sulfonamides is 1. The molecule has 30 heavy (non-hydrogen) atoms. The molecule has 0 N–H and O–H groups in total. The van der Waals surface area contributed by atoms with Gasteiger partial charge in [-0.3, -0.25) is 0 Å². The van der Waals surface area contributed by atoms with E-state index in [4.69, 9.17) is 0 Å². The molecule has 0 saturated carbocycles. The van der Waals surface area contributed by atoms with Gasteiger partial charge in [0, 0.05) is 38.5 Å². The van der Waals surface area contributed by atoms with E-state index in [1.54, 1.807) is 16.4 Å². The number of benzene rings is 1. The van der Waals surface area contributed by atoms with Crippen molar-refractivity contribution >= 4 is 19.9 Å². The standard InChI is InChI=1S/C21H37N3O4S2/c1-5-23(19(2)18-20-8-10-21(11-9-20)29(3,25)26)13-7-6-12-22-14-16-24(17-15-22)30(4,27)28/h8-11,19H,5-7,12-18H2,1-4H3. The number of nitrogens with zero attached hydrogens (tertiary/aromatic N) is 3. The van der Waals surface area contributed by atoms with Gasteiger partial charge in [0.15, 0.2) is 9.84 Å². The van der Waals surface area contributed by atoms with Gasteiger partial charge < -0.3 is 9.80 Å². The van der Waals surface area contributed by atoms with Crippen molar-refractivity contribution in [1.82, 2.24) is 14.1 Å². The lowest BCUT2D eigenvalue weighted by molar-refractivity contribution is 0.176. The van der Waals surface area contributed by atoms with Gasteiger partial charge in [0.05, 0.1) is 11.2 Å². The Labute approximate surface area is 183 Å². The summed E-state index contributed by atoms with van der Waals surface area (Å²) in [5.41, 5.74) is 1.15. The lowest BCUT2D eigenvalue weighted by atomic mass is 10.1. The molecule has 9 heteroatoms. The quantitative estimate of drug-likeness (QED) is 0.469. The van der Waals surface area contributed by atoms with Gasteiger partial charge in [-0.05, 0) is 63.5 Å². The molecule has 1 aliphatic heterocycles. The van der Waals surface area contributed by atoms with E-state index in [0.717, 1.165) is 57.5 Å². The molecule has 1 saturated heterocycles. The Morgan fingerprint density at radius 2 is 1.57 bits per heavy atom. The van der Waals surface area contributed by atoms with E-state index in [1.807, 2.05) is 12.1 Å². The van der Waals surface area contributed by atoms with Crippen LogP contribution < -0.4 is 0 Å². The van der Waals surface area contributed by atoms with Crippen molar-refractivity contribution in [2.24, 2.45) is 0 Å². The van der Waals surface area contributed by atoms with Crippen LogP contribution in [0.2, 0.25) is 0 Å². The van der Waals surface area contributed by atoms with Crippen molar-refractivity contribution in [2.75, 3.05) is 58.3 Å². The molecule has 0 aliphatic carbocycles. The second kappa shape index (κ2) is 11.0. The van der Waals surface area contributed by atoms with Gasteiger partial charge in [0.25, 0.3) is 0 Å². The number of hydrogen-bond donors (Lipinski definition) is 0. The summed E-state index contributed by atoms with van der Waals surface area (Å²) in [5, 5.41) is 0. The molecule has 1 atom stereocenters. The average Bonchev–Trinajstić information content (AvgIpc) is 2.67. The summed E-state index contributed by atoms with van der Waals surface area (Å²) in [6, 6.07) is 7.60. The Balaban J connectivity index is 1.72. The van der Waals surface area contributed by atoms with Crippen molar-refractivity contribution in [3.05, 3.63) is 29.8 Å². The predicted molar refractivity (Wildman–Crippen MR) is 122 cm³/mol. The highest BCUT2D eigenvalue weighted by molar-refractivity contribution is 7.90. The molecule has 172 valence electrons. The first-order chi connectivity index (χ1) is 14.0. The Hall–Kier alpha value is -1.00. The minimum atomic E-state index is -3.15. The van der Waals surface area contributed by atoms with Gasteiger partial charge in [-0.15, -0.1) is 0 Å². The zero-order valence-corrected chi connectivity index (χ0v) is 20.4. The minimum absolute atomic E-state index is 0.364. The fourth-order valence-corrected chi connectivity index (χ4v) is 5.43. The topological polar surface area (TPSA) is 78.0 Å². The normalized spacial score (nSPS) is 18.0. The molecule has 0 aromatic heterocycles. The van der Waals surface area contributed by atoms with Crippen LogP contribution in [0.25, 0.3) is 0 Å². The van der Waals surface area contributed by atoms with E-state index in [1.165, 1.54) is 12.5 Å². The third-order valence-corrected chi connectivity index (χ3v) is 8.31. The first kappa shape index (κ1) is 25.3. The van der Waals surface area contributed by atoms with Crippen LogP contribution in [-0.4, -0.2) is 95.3 Å². The van der Waals surface area contributed by atoms with E-state index in [-0.39, 0.29) is 0 Å². The fraction of sp³-hybridized carbons (Fsp3) is 0.714. The Morgan fingerprint density at radius 1 is 0.967 bits per heavy atom. The van der Waals surface area contributed by atoms with Crippen molar-refractivity contribution < 1.29 is 16.8 Å². The van der Waals surface area contributed by atoms with Crippen LogP contribution in [0.1, 0.15) is 32.3 Å². The van der Waals surface area contributed by atoms with E-state index in [9.17, 15) is 16.8 Å². The highest BCUT2D eigenvalue weighted by atomic mass is 32.2. The highest BCUT2D eigenvalue weighted by Gasteiger charge is 2.23.